The molecule has 19 heavy (non-hydrogen) atoms. The van der Waals surface area contributed by atoms with Crippen molar-refractivity contribution in [2.75, 3.05) is 0 Å². The lowest BCUT2D eigenvalue weighted by atomic mass is 9.88. The summed E-state index contributed by atoms with van der Waals surface area (Å²) in [6, 6.07) is 9.17. The molecule has 0 aliphatic heterocycles. The fourth-order valence-electron chi connectivity index (χ4n) is 2.98. The molecule has 1 aliphatic carbocycles. The SMILES string of the molecule is CC(C)c1n[nH]c(=S)n1C1CCc2ccccc2C1. The van der Waals surface area contributed by atoms with Gasteiger partial charge in [-0.05, 0) is 42.6 Å². The smallest absolute Gasteiger partial charge is 0.195 e. The lowest BCUT2D eigenvalue weighted by molar-refractivity contribution is 0.419. The van der Waals surface area contributed by atoms with Crippen molar-refractivity contribution in [3.05, 3.63) is 46.0 Å². The molecule has 3 nitrogen and oxygen atoms in total. The van der Waals surface area contributed by atoms with Crippen molar-refractivity contribution in [2.24, 2.45) is 0 Å². The van der Waals surface area contributed by atoms with Crippen LogP contribution < -0.4 is 0 Å². The van der Waals surface area contributed by atoms with E-state index >= 15 is 0 Å². The van der Waals surface area contributed by atoms with Crippen LogP contribution in [0, 0.1) is 4.77 Å². The number of aromatic amines is 1. The molecule has 0 saturated heterocycles. The third-order valence-corrected chi connectivity index (χ3v) is 4.22. The molecule has 0 radical (unpaired) electrons. The Hall–Kier alpha value is -1.42. The number of hydrogen-bond acceptors (Lipinski definition) is 2. The van der Waals surface area contributed by atoms with Gasteiger partial charge in [0, 0.05) is 12.0 Å². The standard InChI is InChI=1S/C15H19N3S/c1-10(2)14-16-17-15(19)18(14)13-8-7-11-5-3-4-6-12(11)9-13/h3-6,10,13H,7-9H2,1-2H3,(H,17,19). The van der Waals surface area contributed by atoms with Crippen molar-refractivity contribution < 1.29 is 0 Å². The van der Waals surface area contributed by atoms with E-state index in [9.17, 15) is 0 Å². The first-order valence-electron chi connectivity index (χ1n) is 6.90. The van der Waals surface area contributed by atoms with Gasteiger partial charge in [0.2, 0.25) is 0 Å². The average molecular weight is 273 g/mol. The van der Waals surface area contributed by atoms with Crippen molar-refractivity contribution in [1.82, 2.24) is 14.8 Å². The second-order valence-corrected chi connectivity index (χ2v) is 5.96. The molecule has 0 spiro atoms. The van der Waals surface area contributed by atoms with Crippen LogP contribution in [0.4, 0.5) is 0 Å². The van der Waals surface area contributed by atoms with Crippen LogP contribution in [-0.2, 0) is 12.8 Å². The topological polar surface area (TPSA) is 33.6 Å². The van der Waals surface area contributed by atoms with Crippen LogP contribution in [0.3, 0.4) is 0 Å². The number of fused-ring (bicyclic) bond motifs is 1. The summed E-state index contributed by atoms with van der Waals surface area (Å²) < 4.78 is 2.99. The van der Waals surface area contributed by atoms with E-state index in [0.717, 1.165) is 29.9 Å². The highest BCUT2D eigenvalue weighted by Gasteiger charge is 2.23. The van der Waals surface area contributed by atoms with Gasteiger partial charge in [-0.2, -0.15) is 5.10 Å². The zero-order valence-corrected chi connectivity index (χ0v) is 12.2. The van der Waals surface area contributed by atoms with Gasteiger partial charge in [-0.3, -0.25) is 5.10 Å². The largest absolute Gasteiger partial charge is 0.300 e. The number of nitrogens with zero attached hydrogens (tertiary/aromatic N) is 2. The molecule has 100 valence electrons. The minimum Gasteiger partial charge on any atom is -0.300 e. The monoisotopic (exact) mass is 273 g/mol. The Bertz CT molecular complexity index is 639. The van der Waals surface area contributed by atoms with Crippen molar-refractivity contribution in [3.8, 4) is 0 Å². The Kier molecular flexibility index (Phi) is 3.27. The highest BCUT2D eigenvalue weighted by atomic mass is 32.1. The summed E-state index contributed by atoms with van der Waals surface area (Å²) >= 11 is 5.42. The molecule has 2 aromatic rings. The molecule has 1 atom stereocenters. The Morgan fingerprint density at radius 3 is 2.79 bits per heavy atom. The molecule has 1 unspecified atom stereocenters. The van der Waals surface area contributed by atoms with Crippen molar-refractivity contribution in [2.45, 2.75) is 45.1 Å². The summed E-state index contributed by atoms with van der Waals surface area (Å²) in [6.45, 7) is 4.33. The number of nitrogens with one attached hydrogen (secondary N) is 1. The minimum atomic E-state index is 0.394. The van der Waals surface area contributed by atoms with Crippen LogP contribution in [-0.4, -0.2) is 14.8 Å². The van der Waals surface area contributed by atoms with E-state index in [4.69, 9.17) is 12.2 Å². The summed E-state index contributed by atoms with van der Waals surface area (Å²) in [5, 5.41) is 7.35. The van der Waals surface area contributed by atoms with Gasteiger partial charge in [0.1, 0.15) is 5.82 Å². The summed E-state index contributed by atoms with van der Waals surface area (Å²) in [5.74, 6) is 1.47. The highest BCUT2D eigenvalue weighted by molar-refractivity contribution is 7.71. The molecule has 3 rings (SSSR count). The maximum Gasteiger partial charge on any atom is 0.195 e. The molecule has 1 heterocycles. The van der Waals surface area contributed by atoms with Crippen LogP contribution in [0.2, 0.25) is 0 Å². The Morgan fingerprint density at radius 2 is 2.05 bits per heavy atom. The molecule has 0 fully saturated rings. The predicted molar refractivity (Wildman–Crippen MR) is 79.0 cm³/mol. The van der Waals surface area contributed by atoms with Crippen LogP contribution in [0.15, 0.2) is 24.3 Å². The normalized spacial score (nSPS) is 18.6. The van der Waals surface area contributed by atoms with Crippen molar-refractivity contribution in [1.29, 1.82) is 0 Å². The van der Waals surface area contributed by atoms with Gasteiger partial charge in [0.05, 0.1) is 0 Å². The highest BCUT2D eigenvalue weighted by Crippen LogP contribution is 2.30. The zero-order valence-electron chi connectivity index (χ0n) is 11.4. The molecular weight excluding hydrogens is 254 g/mol. The van der Waals surface area contributed by atoms with E-state index in [-0.39, 0.29) is 0 Å². The van der Waals surface area contributed by atoms with E-state index < -0.39 is 0 Å². The van der Waals surface area contributed by atoms with E-state index in [1.807, 2.05) is 0 Å². The lowest BCUT2D eigenvalue weighted by Crippen LogP contribution is -2.21. The molecule has 0 saturated carbocycles. The first kappa shape index (κ1) is 12.6. The Labute approximate surface area is 118 Å². The second-order valence-electron chi connectivity index (χ2n) is 5.58. The third-order valence-electron chi connectivity index (χ3n) is 3.93. The lowest BCUT2D eigenvalue weighted by Gasteiger charge is -2.27. The molecule has 1 aliphatic rings. The quantitative estimate of drug-likeness (QED) is 0.844. The molecule has 0 amide bonds. The van der Waals surface area contributed by atoms with E-state index in [1.165, 1.54) is 11.1 Å². The second kappa shape index (κ2) is 4.93. The molecular formula is C15H19N3S. The molecule has 4 heteroatoms. The van der Waals surface area contributed by atoms with E-state index in [2.05, 4.69) is 52.9 Å². The fourth-order valence-corrected chi connectivity index (χ4v) is 3.26. The maximum absolute atomic E-state index is 5.42. The number of H-pyrrole nitrogens is 1. The van der Waals surface area contributed by atoms with Gasteiger partial charge in [-0.15, -0.1) is 0 Å². The van der Waals surface area contributed by atoms with E-state index in [0.29, 0.717) is 12.0 Å². The maximum atomic E-state index is 5.42. The number of aromatic nitrogens is 3. The predicted octanol–water partition coefficient (Wildman–Crippen LogP) is 3.79. The third kappa shape index (κ3) is 2.25. The van der Waals surface area contributed by atoms with Gasteiger partial charge in [-0.25, -0.2) is 0 Å². The van der Waals surface area contributed by atoms with Crippen molar-refractivity contribution >= 4 is 12.2 Å². The number of rotatable bonds is 2. The minimum absolute atomic E-state index is 0.394. The first-order valence-corrected chi connectivity index (χ1v) is 7.31. The van der Waals surface area contributed by atoms with Gasteiger partial charge in [0.15, 0.2) is 4.77 Å². The average Bonchev–Trinajstić information content (AvgIpc) is 2.80. The van der Waals surface area contributed by atoms with Crippen molar-refractivity contribution in [3.63, 3.8) is 0 Å². The molecule has 1 N–H and O–H groups in total. The van der Waals surface area contributed by atoms with Crippen LogP contribution >= 0.6 is 12.2 Å². The number of hydrogen-bond donors (Lipinski definition) is 1. The number of benzene rings is 1. The van der Waals surface area contributed by atoms with Gasteiger partial charge < -0.3 is 4.57 Å². The Balaban J connectivity index is 1.98. The Morgan fingerprint density at radius 1 is 1.32 bits per heavy atom. The van der Waals surface area contributed by atoms with Crippen LogP contribution in [0.5, 0.6) is 0 Å². The van der Waals surface area contributed by atoms with Gasteiger partial charge in [-0.1, -0.05) is 38.1 Å². The summed E-state index contributed by atoms with van der Waals surface area (Å²) in [5.41, 5.74) is 2.94. The van der Waals surface area contributed by atoms with E-state index in [1.54, 1.807) is 0 Å². The first-order chi connectivity index (χ1) is 9.16. The van der Waals surface area contributed by atoms with Gasteiger partial charge in [0.25, 0.3) is 0 Å². The zero-order chi connectivity index (χ0) is 13.4. The van der Waals surface area contributed by atoms with Crippen LogP contribution in [0.25, 0.3) is 0 Å². The molecule has 1 aromatic heterocycles. The molecule has 0 bridgehead atoms. The summed E-state index contributed by atoms with van der Waals surface area (Å²) in [7, 11) is 0. The summed E-state index contributed by atoms with van der Waals surface area (Å²) in [6.07, 6.45) is 3.33. The fraction of sp³-hybridized carbons (Fsp3) is 0.467. The molecule has 1 aromatic carbocycles. The van der Waals surface area contributed by atoms with Crippen LogP contribution in [0.1, 0.15) is 49.2 Å². The van der Waals surface area contributed by atoms with Gasteiger partial charge >= 0.3 is 0 Å². The summed E-state index contributed by atoms with van der Waals surface area (Å²) in [4.78, 5) is 0. The number of aryl methyl sites for hydroxylation is 1.